The molecule has 1 heterocycles. The topological polar surface area (TPSA) is 66.7 Å². The molecule has 4 nitrogen and oxygen atoms in total. The average molecular weight is 276 g/mol. The van der Waals surface area contributed by atoms with E-state index in [9.17, 15) is 0 Å². The van der Waals surface area contributed by atoms with E-state index in [4.69, 9.17) is 5.73 Å². The van der Waals surface area contributed by atoms with Crippen molar-refractivity contribution in [1.29, 1.82) is 0 Å². The SMILES string of the molecule is CSC1(CNc2cc3[nH]ncc3cc2N)CCCC1. The molecule has 0 bridgehead atoms. The number of thioether (sulfide) groups is 1. The fourth-order valence-corrected chi connectivity index (χ4v) is 3.80. The van der Waals surface area contributed by atoms with Gasteiger partial charge < -0.3 is 11.1 Å². The lowest BCUT2D eigenvalue weighted by atomic mass is 10.1. The molecule has 1 aliphatic rings. The summed E-state index contributed by atoms with van der Waals surface area (Å²) in [4.78, 5) is 0. The normalized spacial score (nSPS) is 17.9. The molecule has 3 rings (SSSR count). The van der Waals surface area contributed by atoms with Crippen LogP contribution in [0.15, 0.2) is 18.3 Å². The van der Waals surface area contributed by atoms with E-state index >= 15 is 0 Å². The van der Waals surface area contributed by atoms with Crippen molar-refractivity contribution in [2.45, 2.75) is 30.4 Å². The number of H-pyrrole nitrogens is 1. The first-order valence-corrected chi connectivity index (χ1v) is 7.97. The number of anilines is 2. The van der Waals surface area contributed by atoms with Gasteiger partial charge in [-0.05, 0) is 31.2 Å². The molecular formula is C14H20N4S. The van der Waals surface area contributed by atoms with E-state index in [1.54, 1.807) is 6.20 Å². The van der Waals surface area contributed by atoms with Crippen molar-refractivity contribution >= 4 is 34.0 Å². The summed E-state index contributed by atoms with van der Waals surface area (Å²) < 4.78 is 0.384. The summed E-state index contributed by atoms with van der Waals surface area (Å²) in [7, 11) is 0. The lowest BCUT2D eigenvalue weighted by Gasteiger charge is -2.27. The van der Waals surface area contributed by atoms with Crippen molar-refractivity contribution < 1.29 is 0 Å². The van der Waals surface area contributed by atoms with E-state index in [-0.39, 0.29) is 0 Å². The number of nitrogens with one attached hydrogen (secondary N) is 2. The number of hydrogen-bond donors (Lipinski definition) is 3. The number of fused-ring (bicyclic) bond motifs is 1. The summed E-state index contributed by atoms with van der Waals surface area (Å²) in [6.45, 7) is 0.984. The van der Waals surface area contributed by atoms with Crippen molar-refractivity contribution in [3.05, 3.63) is 18.3 Å². The second-order valence-corrected chi connectivity index (χ2v) is 6.62. The molecule has 0 unspecified atom stereocenters. The van der Waals surface area contributed by atoms with Crippen LogP contribution in [0.3, 0.4) is 0 Å². The molecule has 0 saturated heterocycles. The molecule has 0 radical (unpaired) electrons. The van der Waals surface area contributed by atoms with E-state index in [1.807, 2.05) is 17.8 Å². The molecule has 4 N–H and O–H groups in total. The van der Waals surface area contributed by atoms with Gasteiger partial charge in [-0.1, -0.05) is 12.8 Å². The predicted molar refractivity (Wildman–Crippen MR) is 83.7 cm³/mol. The van der Waals surface area contributed by atoms with Gasteiger partial charge in [0.2, 0.25) is 0 Å². The molecule has 2 aromatic rings. The molecule has 1 aromatic carbocycles. The molecule has 0 amide bonds. The Kier molecular flexibility index (Phi) is 3.31. The third-order valence-corrected chi connectivity index (χ3v) is 5.58. The minimum atomic E-state index is 0.384. The third-order valence-electron chi connectivity index (χ3n) is 4.16. The molecular weight excluding hydrogens is 256 g/mol. The first-order chi connectivity index (χ1) is 9.22. The Morgan fingerprint density at radius 2 is 2.21 bits per heavy atom. The first kappa shape index (κ1) is 12.7. The maximum absolute atomic E-state index is 6.10. The zero-order valence-corrected chi connectivity index (χ0v) is 12.0. The van der Waals surface area contributed by atoms with Crippen LogP contribution in [0, 0.1) is 0 Å². The van der Waals surface area contributed by atoms with Crippen LogP contribution in [0.25, 0.3) is 10.9 Å². The summed E-state index contributed by atoms with van der Waals surface area (Å²) in [5, 5.41) is 11.6. The van der Waals surface area contributed by atoms with E-state index in [2.05, 4.69) is 27.8 Å². The minimum absolute atomic E-state index is 0.384. The van der Waals surface area contributed by atoms with Crippen LogP contribution in [0.2, 0.25) is 0 Å². The molecule has 1 saturated carbocycles. The number of aromatic amines is 1. The highest BCUT2D eigenvalue weighted by Crippen LogP contribution is 2.40. The van der Waals surface area contributed by atoms with Crippen LogP contribution in [0.5, 0.6) is 0 Å². The van der Waals surface area contributed by atoms with Gasteiger partial charge in [0.05, 0.1) is 23.1 Å². The Balaban J connectivity index is 1.79. The van der Waals surface area contributed by atoms with Crippen LogP contribution in [0.1, 0.15) is 25.7 Å². The van der Waals surface area contributed by atoms with Crippen molar-refractivity contribution in [2.24, 2.45) is 0 Å². The fraction of sp³-hybridized carbons (Fsp3) is 0.500. The van der Waals surface area contributed by atoms with Crippen molar-refractivity contribution in [3.63, 3.8) is 0 Å². The van der Waals surface area contributed by atoms with Gasteiger partial charge in [-0.25, -0.2) is 0 Å². The molecule has 102 valence electrons. The summed E-state index contributed by atoms with van der Waals surface area (Å²) in [5.74, 6) is 0. The Hall–Kier alpha value is -1.36. The van der Waals surface area contributed by atoms with E-state index in [1.165, 1.54) is 25.7 Å². The fourth-order valence-electron chi connectivity index (χ4n) is 2.89. The quantitative estimate of drug-likeness (QED) is 0.750. The highest BCUT2D eigenvalue weighted by molar-refractivity contribution is 8.00. The van der Waals surface area contributed by atoms with Gasteiger partial charge in [0.25, 0.3) is 0 Å². The molecule has 1 aliphatic carbocycles. The van der Waals surface area contributed by atoms with Gasteiger partial charge in [-0.2, -0.15) is 16.9 Å². The summed E-state index contributed by atoms with van der Waals surface area (Å²) in [5.41, 5.74) is 8.94. The van der Waals surface area contributed by atoms with E-state index in [0.29, 0.717) is 4.75 Å². The molecule has 5 heteroatoms. The third kappa shape index (κ3) is 2.39. The number of nitrogens with zero attached hydrogens (tertiary/aromatic N) is 1. The predicted octanol–water partition coefficient (Wildman–Crippen LogP) is 3.23. The van der Waals surface area contributed by atoms with Crippen LogP contribution < -0.4 is 11.1 Å². The number of aromatic nitrogens is 2. The van der Waals surface area contributed by atoms with E-state index in [0.717, 1.165) is 28.8 Å². The van der Waals surface area contributed by atoms with Crippen molar-refractivity contribution in [2.75, 3.05) is 23.9 Å². The highest BCUT2D eigenvalue weighted by Gasteiger charge is 2.32. The molecule has 0 spiro atoms. The van der Waals surface area contributed by atoms with Crippen LogP contribution in [-0.2, 0) is 0 Å². The largest absolute Gasteiger partial charge is 0.397 e. The Morgan fingerprint density at radius 1 is 1.42 bits per heavy atom. The number of benzene rings is 1. The van der Waals surface area contributed by atoms with Gasteiger partial charge in [0.1, 0.15) is 0 Å². The summed E-state index contributed by atoms with van der Waals surface area (Å²) in [6.07, 6.45) is 9.31. The smallest absolute Gasteiger partial charge is 0.0672 e. The Morgan fingerprint density at radius 3 is 2.95 bits per heavy atom. The second-order valence-electron chi connectivity index (χ2n) is 5.34. The number of hydrogen-bond acceptors (Lipinski definition) is 4. The maximum Gasteiger partial charge on any atom is 0.0672 e. The van der Waals surface area contributed by atoms with Crippen molar-refractivity contribution in [3.8, 4) is 0 Å². The monoisotopic (exact) mass is 276 g/mol. The number of nitrogens with two attached hydrogens (primary N) is 1. The van der Waals surface area contributed by atoms with Crippen LogP contribution in [0.4, 0.5) is 11.4 Å². The molecule has 1 fully saturated rings. The van der Waals surface area contributed by atoms with Crippen LogP contribution in [-0.4, -0.2) is 27.7 Å². The van der Waals surface area contributed by atoms with Gasteiger partial charge in [0.15, 0.2) is 0 Å². The standard InChI is InChI=1S/C14H20N4S/c1-19-14(4-2-3-5-14)9-16-13-7-12-10(6-11(13)15)8-17-18-12/h6-8,16H,2-5,9,15H2,1H3,(H,17,18). The minimum Gasteiger partial charge on any atom is -0.397 e. The summed E-state index contributed by atoms with van der Waals surface area (Å²) in [6, 6.07) is 4.03. The molecule has 19 heavy (non-hydrogen) atoms. The lowest BCUT2D eigenvalue weighted by molar-refractivity contribution is 0.640. The molecule has 0 atom stereocenters. The zero-order valence-electron chi connectivity index (χ0n) is 11.2. The number of nitrogen functional groups attached to an aromatic ring is 1. The lowest BCUT2D eigenvalue weighted by Crippen LogP contribution is -2.30. The van der Waals surface area contributed by atoms with Crippen molar-refractivity contribution in [1.82, 2.24) is 10.2 Å². The first-order valence-electron chi connectivity index (χ1n) is 6.74. The van der Waals surface area contributed by atoms with E-state index < -0.39 is 0 Å². The van der Waals surface area contributed by atoms with Gasteiger partial charge in [-0.3, -0.25) is 5.10 Å². The van der Waals surface area contributed by atoms with Gasteiger partial charge in [-0.15, -0.1) is 0 Å². The van der Waals surface area contributed by atoms with Gasteiger partial charge >= 0.3 is 0 Å². The maximum atomic E-state index is 6.10. The zero-order chi connectivity index (χ0) is 13.3. The molecule has 1 aromatic heterocycles. The highest BCUT2D eigenvalue weighted by atomic mass is 32.2. The Bertz CT molecular complexity index is 572. The van der Waals surface area contributed by atoms with Crippen LogP contribution >= 0.6 is 11.8 Å². The second kappa shape index (κ2) is 4.96. The Labute approximate surface area is 117 Å². The number of rotatable bonds is 4. The average Bonchev–Trinajstić information content (AvgIpc) is 3.05. The summed E-state index contributed by atoms with van der Waals surface area (Å²) >= 11 is 1.99. The van der Waals surface area contributed by atoms with Gasteiger partial charge in [0, 0.05) is 16.7 Å². The molecule has 0 aliphatic heterocycles.